The Kier molecular flexibility index (Phi) is 5.22. The number of thiophene rings is 1. The fourth-order valence-corrected chi connectivity index (χ4v) is 3.24. The predicted molar refractivity (Wildman–Crippen MR) is 87.7 cm³/mol. The Bertz CT molecular complexity index is 720. The van der Waals surface area contributed by atoms with Crippen LogP contribution in [-0.2, 0) is 27.4 Å². The van der Waals surface area contributed by atoms with Gasteiger partial charge in [0.05, 0.1) is 13.2 Å². The summed E-state index contributed by atoms with van der Waals surface area (Å²) < 4.78 is 18.9. The maximum atomic E-state index is 13.6. The normalized spacial score (nSPS) is 17.8. The molecule has 1 fully saturated rings. The molecule has 2 heterocycles. The van der Waals surface area contributed by atoms with Crippen molar-refractivity contribution in [3.05, 3.63) is 58.0 Å². The molecule has 0 unspecified atom stereocenters. The van der Waals surface area contributed by atoms with E-state index in [0.717, 1.165) is 4.88 Å². The highest BCUT2D eigenvalue weighted by atomic mass is 32.1. The van der Waals surface area contributed by atoms with Gasteiger partial charge in [-0.1, -0.05) is 24.3 Å². The minimum absolute atomic E-state index is 0.0253. The third-order valence-corrected chi connectivity index (χ3v) is 4.68. The van der Waals surface area contributed by atoms with Gasteiger partial charge in [0.15, 0.2) is 0 Å². The second-order valence-electron chi connectivity index (χ2n) is 5.44. The van der Waals surface area contributed by atoms with Crippen LogP contribution in [0, 0.1) is 5.82 Å². The van der Waals surface area contributed by atoms with E-state index >= 15 is 0 Å². The number of hydrogen-bond donors (Lipinski definition) is 1. The molecule has 2 amide bonds. The zero-order chi connectivity index (χ0) is 16.9. The fourth-order valence-electron chi connectivity index (χ4n) is 2.53. The Morgan fingerprint density at radius 3 is 2.92 bits per heavy atom. The molecular weight excluding hydrogens is 331 g/mol. The minimum Gasteiger partial charge on any atom is -0.369 e. The van der Waals surface area contributed by atoms with Crippen molar-refractivity contribution in [2.24, 2.45) is 0 Å². The highest BCUT2D eigenvalue weighted by molar-refractivity contribution is 7.09. The summed E-state index contributed by atoms with van der Waals surface area (Å²) in [6.45, 7) is 0.559. The summed E-state index contributed by atoms with van der Waals surface area (Å²) >= 11 is 1.53. The van der Waals surface area contributed by atoms with E-state index in [1.54, 1.807) is 18.2 Å². The van der Waals surface area contributed by atoms with Crippen molar-refractivity contribution in [1.82, 2.24) is 10.2 Å². The van der Waals surface area contributed by atoms with E-state index in [9.17, 15) is 14.0 Å². The van der Waals surface area contributed by atoms with Gasteiger partial charge in [-0.2, -0.15) is 0 Å². The lowest BCUT2D eigenvalue weighted by molar-refractivity contribution is -0.155. The number of halogens is 1. The molecule has 5 nitrogen and oxygen atoms in total. The highest BCUT2D eigenvalue weighted by Crippen LogP contribution is 2.17. The molecule has 7 heteroatoms. The highest BCUT2D eigenvalue weighted by Gasteiger charge is 2.34. The quantitative estimate of drug-likeness (QED) is 0.898. The van der Waals surface area contributed by atoms with Crippen LogP contribution in [0.4, 0.5) is 4.39 Å². The number of amides is 2. The second-order valence-corrected chi connectivity index (χ2v) is 6.47. The molecule has 1 saturated heterocycles. The molecule has 126 valence electrons. The van der Waals surface area contributed by atoms with Crippen LogP contribution >= 0.6 is 11.3 Å². The van der Waals surface area contributed by atoms with Crippen molar-refractivity contribution >= 4 is 23.2 Å². The van der Waals surface area contributed by atoms with Crippen LogP contribution < -0.4 is 5.32 Å². The standard InChI is InChI=1S/C17H17FN2O3S/c18-14-6-2-1-4-12(14)8-19-17(22)15-10-23-11-16(21)20(15)9-13-5-3-7-24-13/h1-7,15H,8-11H2,(H,19,22)/t15-/m1/s1. The zero-order valence-electron chi connectivity index (χ0n) is 12.9. The third kappa shape index (κ3) is 3.80. The SMILES string of the molecule is O=C(NCc1ccccc1F)[C@H]1COCC(=O)N1Cc1cccs1. The molecule has 0 radical (unpaired) electrons. The van der Waals surface area contributed by atoms with Gasteiger partial charge in [-0.15, -0.1) is 11.3 Å². The molecular formula is C17H17FN2O3S. The summed E-state index contributed by atoms with van der Waals surface area (Å²) in [5.41, 5.74) is 0.402. The van der Waals surface area contributed by atoms with Gasteiger partial charge < -0.3 is 15.0 Å². The number of morpholine rings is 1. The van der Waals surface area contributed by atoms with Gasteiger partial charge in [-0.3, -0.25) is 9.59 Å². The number of carbonyl (C=O) groups is 2. The van der Waals surface area contributed by atoms with Crippen molar-refractivity contribution in [1.29, 1.82) is 0 Å². The summed E-state index contributed by atoms with van der Waals surface area (Å²) in [5, 5.41) is 4.61. The molecule has 1 N–H and O–H groups in total. The first kappa shape index (κ1) is 16.6. The number of nitrogens with zero attached hydrogens (tertiary/aromatic N) is 1. The van der Waals surface area contributed by atoms with Gasteiger partial charge in [-0.25, -0.2) is 4.39 Å². The number of benzene rings is 1. The Balaban J connectivity index is 1.67. The van der Waals surface area contributed by atoms with Crippen LogP contribution in [0.5, 0.6) is 0 Å². The lowest BCUT2D eigenvalue weighted by Crippen LogP contribution is -2.55. The summed E-state index contributed by atoms with van der Waals surface area (Å²) in [6.07, 6.45) is 0. The molecule has 1 aliphatic rings. The van der Waals surface area contributed by atoms with E-state index in [-0.39, 0.29) is 37.4 Å². The van der Waals surface area contributed by atoms with Crippen molar-refractivity contribution < 1.29 is 18.7 Å². The van der Waals surface area contributed by atoms with Crippen LogP contribution in [-0.4, -0.2) is 36.0 Å². The molecule has 1 aromatic heterocycles. The van der Waals surface area contributed by atoms with E-state index in [2.05, 4.69) is 5.32 Å². The molecule has 3 rings (SSSR count). The summed E-state index contributed by atoms with van der Waals surface area (Å²) in [6, 6.07) is 9.37. The Labute approximate surface area is 143 Å². The maximum absolute atomic E-state index is 13.6. The minimum atomic E-state index is -0.708. The zero-order valence-corrected chi connectivity index (χ0v) is 13.7. The maximum Gasteiger partial charge on any atom is 0.249 e. The summed E-state index contributed by atoms with van der Waals surface area (Å²) in [4.78, 5) is 27.1. The molecule has 0 spiro atoms. The lowest BCUT2D eigenvalue weighted by Gasteiger charge is -2.34. The monoisotopic (exact) mass is 348 g/mol. The molecule has 24 heavy (non-hydrogen) atoms. The number of rotatable bonds is 5. The molecule has 1 aliphatic heterocycles. The average Bonchev–Trinajstić information content (AvgIpc) is 3.09. The van der Waals surface area contributed by atoms with Gasteiger partial charge >= 0.3 is 0 Å². The Morgan fingerprint density at radius 2 is 2.17 bits per heavy atom. The number of nitrogens with one attached hydrogen (secondary N) is 1. The van der Waals surface area contributed by atoms with Crippen LogP contribution in [0.2, 0.25) is 0 Å². The first-order chi connectivity index (χ1) is 11.6. The van der Waals surface area contributed by atoms with E-state index in [4.69, 9.17) is 4.74 Å². The molecule has 1 aromatic carbocycles. The second kappa shape index (κ2) is 7.55. The summed E-state index contributed by atoms with van der Waals surface area (Å²) in [7, 11) is 0. The fraction of sp³-hybridized carbons (Fsp3) is 0.294. The smallest absolute Gasteiger partial charge is 0.249 e. The largest absolute Gasteiger partial charge is 0.369 e. The van der Waals surface area contributed by atoms with Gasteiger partial charge in [0, 0.05) is 17.0 Å². The Hall–Kier alpha value is -2.25. The van der Waals surface area contributed by atoms with Crippen LogP contribution in [0.25, 0.3) is 0 Å². The van der Waals surface area contributed by atoms with Gasteiger partial charge in [0.1, 0.15) is 18.5 Å². The van der Waals surface area contributed by atoms with Crippen LogP contribution in [0.15, 0.2) is 41.8 Å². The van der Waals surface area contributed by atoms with Crippen molar-refractivity contribution in [3.63, 3.8) is 0 Å². The molecule has 1 atom stereocenters. The van der Waals surface area contributed by atoms with E-state index < -0.39 is 6.04 Å². The van der Waals surface area contributed by atoms with Gasteiger partial charge in [0.2, 0.25) is 11.8 Å². The van der Waals surface area contributed by atoms with Gasteiger partial charge in [0.25, 0.3) is 0 Å². The van der Waals surface area contributed by atoms with E-state index in [1.165, 1.54) is 22.3 Å². The van der Waals surface area contributed by atoms with Crippen LogP contribution in [0.3, 0.4) is 0 Å². The topological polar surface area (TPSA) is 58.6 Å². The number of hydrogen-bond acceptors (Lipinski definition) is 4. The third-order valence-electron chi connectivity index (χ3n) is 3.82. The molecule has 0 aliphatic carbocycles. The number of ether oxygens (including phenoxy) is 1. The van der Waals surface area contributed by atoms with Gasteiger partial charge in [-0.05, 0) is 17.5 Å². The summed E-state index contributed by atoms with van der Waals surface area (Å²) in [5.74, 6) is -0.937. The average molecular weight is 348 g/mol. The first-order valence-corrected chi connectivity index (χ1v) is 8.44. The first-order valence-electron chi connectivity index (χ1n) is 7.56. The Morgan fingerprint density at radius 1 is 1.33 bits per heavy atom. The van der Waals surface area contributed by atoms with Crippen molar-refractivity contribution in [3.8, 4) is 0 Å². The lowest BCUT2D eigenvalue weighted by atomic mass is 10.1. The molecule has 0 saturated carbocycles. The van der Waals surface area contributed by atoms with Crippen LogP contribution in [0.1, 0.15) is 10.4 Å². The number of carbonyl (C=O) groups excluding carboxylic acids is 2. The molecule has 2 aromatic rings. The van der Waals surface area contributed by atoms with Crippen molar-refractivity contribution in [2.45, 2.75) is 19.1 Å². The van der Waals surface area contributed by atoms with E-state index in [0.29, 0.717) is 12.1 Å². The van der Waals surface area contributed by atoms with E-state index in [1.807, 2.05) is 17.5 Å². The van der Waals surface area contributed by atoms with Crippen molar-refractivity contribution in [2.75, 3.05) is 13.2 Å². The predicted octanol–water partition coefficient (Wildman–Crippen LogP) is 1.93. The molecule has 0 bridgehead atoms.